The summed E-state index contributed by atoms with van der Waals surface area (Å²) < 4.78 is 16.7. The van der Waals surface area contributed by atoms with Crippen molar-refractivity contribution in [3.63, 3.8) is 0 Å². The first-order valence-electron chi connectivity index (χ1n) is 25.9. The predicted molar refractivity (Wildman–Crippen MR) is 247 cm³/mol. The van der Waals surface area contributed by atoms with E-state index in [0.717, 1.165) is 63.7 Å². The highest BCUT2D eigenvalue weighted by atomic mass is 16.6. The lowest BCUT2D eigenvalue weighted by Crippen LogP contribution is -2.30. The van der Waals surface area contributed by atoms with Crippen LogP contribution < -0.4 is 0 Å². The van der Waals surface area contributed by atoms with Gasteiger partial charge in [0.2, 0.25) is 0 Å². The second-order valence-corrected chi connectivity index (χ2v) is 18.1. The molecule has 0 bridgehead atoms. The Bertz CT molecular complexity index is 874. The largest absolute Gasteiger partial charge is 0.462 e. The highest BCUT2D eigenvalue weighted by Crippen LogP contribution is 2.18. The molecule has 0 saturated carbocycles. The molecule has 1 unspecified atom stereocenters. The van der Waals surface area contributed by atoms with Crippen molar-refractivity contribution < 1.29 is 28.6 Å². The summed E-state index contributed by atoms with van der Waals surface area (Å²) in [7, 11) is 0. The third-order valence-corrected chi connectivity index (χ3v) is 12.2. The summed E-state index contributed by atoms with van der Waals surface area (Å²) in [5.41, 5.74) is 0. The normalized spacial score (nSPS) is 12.4. The number of ether oxygens (including phenoxy) is 3. The minimum Gasteiger partial charge on any atom is -0.462 e. The lowest BCUT2D eigenvalue weighted by atomic mass is 9.99. The fourth-order valence-electron chi connectivity index (χ4n) is 7.83. The maximum Gasteiger partial charge on any atom is 0.306 e. The fourth-order valence-corrected chi connectivity index (χ4v) is 7.83. The van der Waals surface area contributed by atoms with Crippen LogP contribution in [0.5, 0.6) is 0 Å². The van der Waals surface area contributed by atoms with Crippen molar-refractivity contribution in [3.8, 4) is 0 Å². The molecule has 6 nitrogen and oxygen atoms in total. The second kappa shape index (κ2) is 46.5. The van der Waals surface area contributed by atoms with E-state index >= 15 is 0 Å². The van der Waals surface area contributed by atoms with Crippen molar-refractivity contribution in [2.24, 2.45) is 5.92 Å². The van der Waals surface area contributed by atoms with Crippen LogP contribution in [0.25, 0.3) is 0 Å². The molecule has 344 valence electrons. The second-order valence-electron chi connectivity index (χ2n) is 18.1. The lowest BCUT2D eigenvalue weighted by molar-refractivity contribution is -0.167. The quantitative estimate of drug-likeness (QED) is 0.0346. The smallest absolute Gasteiger partial charge is 0.306 e. The van der Waals surface area contributed by atoms with E-state index in [4.69, 9.17) is 14.2 Å². The molecule has 0 aliphatic rings. The SMILES string of the molecule is CCCCCCCCCCCCCCCCCCCCCC(=O)OC[C@H](COC(=O)CCCCCCCCCCCCC(C)CC)OC(=O)CCCCCCCCC. The monoisotopic (exact) mass is 821 g/mol. The van der Waals surface area contributed by atoms with E-state index in [0.29, 0.717) is 19.3 Å². The van der Waals surface area contributed by atoms with E-state index in [2.05, 4.69) is 27.7 Å². The van der Waals surface area contributed by atoms with E-state index in [9.17, 15) is 14.4 Å². The molecule has 2 atom stereocenters. The van der Waals surface area contributed by atoms with E-state index in [1.165, 1.54) is 186 Å². The summed E-state index contributed by atoms with van der Waals surface area (Å²) in [4.78, 5) is 37.8. The molecule has 0 aromatic rings. The number of hydrogen-bond acceptors (Lipinski definition) is 6. The molecule has 0 fully saturated rings. The third kappa shape index (κ3) is 44.0. The van der Waals surface area contributed by atoms with Crippen molar-refractivity contribution in [3.05, 3.63) is 0 Å². The van der Waals surface area contributed by atoms with Crippen LogP contribution in [0, 0.1) is 5.92 Å². The van der Waals surface area contributed by atoms with Crippen LogP contribution in [0.4, 0.5) is 0 Å². The molecule has 0 amide bonds. The molecule has 0 heterocycles. The van der Waals surface area contributed by atoms with Crippen LogP contribution >= 0.6 is 0 Å². The molecule has 0 saturated heterocycles. The van der Waals surface area contributed by atoms with Crippen LogP contribution in [0.1, 0.15) is 291 Å². The van der Waals surface area contributed by atoms with Gasteiger partial charge in [0.05, 0.1) is 0 Å². The number of rotatable bonds is 47. The maximum absolute atomic E-state index is 12.7. The van der Waals surface area contributed by atoms with Gasteiger partial charge in [-0.2, -0.15) is 0 Å². The van der Waals surface area contributed by atoms with Gasteiger partial charge in [-0.05, 0) is 25.2 Å². The third-order valence-electron chi connectivity index (χ3n) is 12.2. The zero-order valence-electron chi connectivity index (χ0n) is 39.5. The van der Waals surface area contributed by atoms with Gasteiger partial charge in [0, 0.05) is 19.3 Å². The Balaban J connectivity index is 4.14. The Hall–Kier alpha value is -1.59. The van der Waals surface area contributed by atoms with Gasteiger partial charge < -0.3 is 14.2 Å². The van der Waals surface area contributed by atoms with Gasteiger partial charge >= 0.3 is 17.9 Å². The first kappa shape index (κ1) is 56.4. The molecule has 0 aromatic carbocycles. The Labute approximate surface area is 361 Å². The Morgan fingerprint density at radius 1 is 0.345 bits per heavy atom. The Morgan fingerprint density at radius 3 is 0.897 bits per heavy atom. The molecular formula is C52H100O6. The average molecular weight is 821 g/mol. The van der Waals surface area contributed by atoms with Crippen LogP contribution in [0.2, 0.25) is 0 Å². The molecular weight excluding hydrogens is 721 g/mol. The Kier molecular flexibility index (Phi) is 45.2. The minimum absolute atomic E-state index is 0.0636. The molecule has 6 heteroatoms. The number of hydrogen-bond donors (Lipinski definition) is 0. The first-order valence-corrected chi connectivity index (χ1v) is 25.9. The molecule has 58 heavy (non-hydrogen) atoms. The summed E-state index contributed by atoms with van der Waals surface area (Å²) in [6.45, 7) is 9.01. The van der Waals surface area contributed by atoms with E-state index in [1.807, 2.05) is 0 Å². The molecule has 0 aliphatic carbocycles. The van der Waals surface area contributed by atoms with Crippen LogP contribution in [0.3, 0.4) is 0 Å². The van der Waals surface area contributed by atoms with Gasteiger partial charge in [-0.3, -0.25) is 14.4 Å². The zero-order valence-corrected chi connectivity index (χ0v) is 39.5. The summed E-state index contributed by atoms with van der Waals surface area (Å²) in [5.74, 6) is 0.0166. The molecule has 0 spiro atoms. The van der Waals surface area contributed by atoms with E-state index in [1.54, 1.807) is 0 Å². The lowest BCUT2D eigenvalue weighted by Gasteiger charge is -2.18. The number of carbonyl (C=O) groups excluding carboxylic acids is 3. The number of carbonyl (C=O) groups is 3. The number of unbranched alkanes of at least 4 members (excludes halogenated alkanes) is 33. The molecule has 0 rings (SSSR count). The highest BCUT2D eigenvalue weighted by Gasteiger charge is 2.19. The van der Waals surface area contributed by atoms with E-state index < -0.39 is 6.10 Å². The molecule has 0 aliphatic heterocycles. The molecule has 0 aromatic heterocycles. The zero-order chi connectivity index (χ0) is 42.4. The summed E-state index contributed by atoms with van der Waals surface area (Å²) in [6.07, 6.45) is 48.1. The summed E-state index contributed by atoms with van der Waals surface area (Å²) >= 11 is 0. The maximum atomic E-state index is 12.7. The van der Waals surface area contributed by atoms with Crippen LogP contribution in [0.15, 0.2) is 0 Å². The summed E-state index contributed by atoms with van der Waals surface area (Å²) in [5, 5.41) is 0. The Morgan fingerprint density at radius 2 is 0.603 bits per heavy atom. The number of esters is 3. The van der Waals surface area contributed by atoms with Crippen molar-refractivity contribution in [2.75, 3.05) is 13.2 Å². The van der Waals surface area contributed by atoms with Gasteiger partial charge in [0.25, 0.3) is 0 Å². The summed E-state index contributed by atoms with van der Waals surface area (Å²) in [6, 6.07) is 0. The predicted octanol–water partition coefficient (Wildman–Crippen LogP) is 16.7. The van der Waals surface area contributed by atoms with E-state index in [-0.39, 0.29) is 31.1 Å². The van der Waals surface area contributed by atoms with Gasteiger partial charge in [-0.1, -0.05) is 252 Å². The van der Waals surface area contributed by atoms with Crippen LogP contribution in [-0.2, 0) is 28.6 Å². The molecule has 0 radical (unpaired) electrons. The molecule has 0 N–H and O–H groups in total. The van der Waals surface area contributed by atoms with Gasteiger partial charge in [0.15, 0.2) is 6.10 Å². The van der Waals surface area contributed by atoms with Crippen LogP contribution in [-0.4, -0.2) is 37.2 Å². The van der Waals surface area contributed by atoms with Gasteiger partial charge in [0.1, 0.15) is 13.2 Å². The standard InChI is InChI=1S/C52H100O6/c1-5-8-10-12-14-15-16-17-18-19-20-21-22-23-24-28-32-35-39-43-50(53)56-46-49(58-52(55)45-41-37-30-13-11-9-6-2)47-57-51(54)44-40-36-33-29-26-25-27-31-34-38-42-48(4)7-3/h48-49H,5-47H2,1-4H3/t48?,49-/m1/s1. The van der Waals surface area contributed by atoms with Crippen molar-refractivity contribution in [1.29, 1.82) is 0 Å². The minimum atomic E-state index is -0.759. The van der Waals surface area contributed by atoms with Crippen molar-refractivity contribution in [2.45, 2.75) is 297 Å². The fraction of sp³-hybridized carbons (Fsp3) is 0.942. The van der Waals surface area contributed by atoms with Crippen molar-refractivity contribution in [1.82, 2.24) is 0 Å². The van der Waals surface area contributed by atoms with Crippen molar-refractivity contribution >= 4 is 17.9 Å². The van der Waals surface area contributed by atoms with Gasteiger partial charge in [-0.15, -0.1) is 0 Å². The highest BCUT2D eigenvalue weighted by molar-refractivity contribution is 5.71. The van der Waals surface area contributed by atoms with Gasteiger partial charge in [-0.25, -0.2) is 0 Å². The topological polar surface area (TPSA) is 78.9 Å². The average Bonchev–Trinajstić information content (AvgIpc) is 3.22. The first-order chi connectivity index (χ1) is 28.4.